The maximum absolute atomic E-state index is 13.0. The maximum Gasteiger partial charge on any atom is 0.325 e. The molecule has 1 N–H and O–H groups in total. The SMILES string of the molecule is CCOC(=O)C(C)(C)NCc1ccc(F)c(F)c1. The van der Waals surface area contributed by atoms with E-state index >= 15 is 0 Å². The van der Waals surface area contributed by atoms with Crippen molar-refractivity contribution < 1.29 is 18.3 Å². The second kappa shape index (κ2) is 5.91. The summed E-state index contributed by atoms with van der Waals surface area (Å²) in [6.07, 6.45) is 0. The number of hydrogen-bond acceptors (Lipinski definition) is 3. The van der Waals surface area contributed by atoms with Crippen LogP contribution in [0.4, 0.5) is 8.78 Å². The lowest BCUT2D eigenvalue weighted by Crippen LogP contribution is -2.47. The molecule has 0 aliphatic carbocycles. The van der Waals surface area contributed by atoms with Crippen LogP contribution in [0.1, 0.15) is 26.3 Å². The molecule has 0 bridgehead atoms. The minimum absolute atomic E-state index is 0.253. The summed E-state index contributed by atoms with van der Waals surface area (Å²) in [5.41, 5.74) is -0.313. The number of ether oxygens (including phenoxy) is 1. The van der Waals surface area contributed by atoms with Gasteiger partial charge in [0.2, 0.25) is 0 Å². The monoisotopic (exact) mass is 257 g/mol. The van der Waals surface area contributed by atoms with Crippen molar-refractivity contribution >= 4 is 5.97 Å². The molecule has 1 rings (SSSR count). The van der Waals surface area contributed by atoms with E-state index in [1.807, 2.05) is 0 Å². The Kier molecular flexibility index (Phi) is 4.78. The molecule has 18 heavy (non-hydrogen) atoms. The lowest BCUT2D eigenvalue weighted by molar-refractivity contribution is -0.149. The van der Waals surface area contributed by atoms with Crippen LogP contribution < -0.4 is 5.32 Å². The highest BCUT2D eigenvalue weighted by Crippen LogP contribution is 2.11. The Morgan fingerprint density at radius 2 is 2.00 bits per heavy atom. The predicted octanol–water partition coefficient (Wildman–Crippen LogP) is 2.40. The molecular weight excluding hydrogens is 240 g/mol. The topological polar surface area (TPSA) is 38.3 Å². The van der Waals surface area contributed by atoms with Crippen LogP contribution in [0.3, 0.4) is 0 Å². The van der Waals surface area contributed by atoms with E-state index in [2.05, 4.69) is 5.32 Å². The van der Waals surface area contributed by atoms with Gasteiger partial charge in [0, 0.05) is 6.54 Å². The van der Waals surface area contributed by atoms with Gasteiger partial charge in [0.25, 0.3) is 0 Å². The molecule has 0 unspecified atom stereocenters. The molecule has 1 aromatic rings. The van der Waals surface area contributed by atoms with Crippen molar-refractivity contribution in [1.29, 1.82) is 0 Å². The summed E-state index contributed by atoms with van der Waals surface area (Å²) in [6.45, 7) is 5.62. The summed E-state index contributed by atoms with van der Waals surface area (Å²) in [5, 5.41) is 2.94. The molecule has 0 saturated carbocycles. The van der Waals surface area contributed by atoms with Gasteiger partial charge in [0.05, 0.1) is 6.61 Å². The first-order valence-electron chi connectivity index (χ1n) is 5.73. The summed E-state index contributed by atoms with van der Waals surface area (Å²) in [7, 11) is 0. The Bertz CT molecular complexity index is 433. The van der Waals surface area contributed by atoms with E-state index in [0.717, 1.165) is 12.1 Å². The second-order valence-corrected chi connectivity index (χ2v) is 4.45. The Labute approximate surface area is 105 Å². The third kappa shape index (κ3) is 3.77. The number of hydrogen-bond donors (Lipinski definition) is 1. The van der Waals surface area contributed by atoms with E-state index in [0.29, 0.717) is 12.2 Å². The zero-order valence-corrected chi connectivity index (χ0v) is 10.7. The van der Waals surface area contributed by atoms with Gasteiger partial charge in [-0.05, 0) is 38.5 Å². The van der Waals surface area contributed by atoms with Crippen LogP contribution in [-0.2, 0) is 16.1 Å². The summed E-state index contributed by atoms with van der Waals surface area (Å²) < 4.78 is 30.6. The first-order valence-corrected chi connectivity index (χ1v) is 5.73. The fourth-order valence-electron chi connectivity index (χ4n) is 1.36. The lowest BCUT2D eigenvalue weighted by Gasteiger charge is -2.23. The third-order valence-corrected chi connectivity index (χ3v) is 2.50. The summed E-state index contributed by atoms with van der Waals surface area (Å²) in [6, 6.07) is 3.62. The van der Waals surface area contributed by atoms with E-state index < -0.39 is 17.2 Å². The Morgan fingerprint density at radius 1 is 1.33 bits per heavy atom. The molecule has 5 heteroatoms. The normalized spacial score (nSPS) is 11.4. The van der Waals surface area contributed by atoms with Gasteiger partial charge in [0.1, 0.15) is 5.54 Å². The standard InChI is InChI=1S/C13H17F2NO2/c1-4-18-12(17)13(2,3)16-8-9-5-6-10(14)11(15)7-9/h5-7,16H,4,8H2,1-3H3. The van der Waals surface area contributed by atoms with Crippen LogP contribution in [0.15, 0.2) is 18.2 Å². The van der Waals surface area contributed by atoms with Gasteiger partial charge >= 0.3 is 5.97 Å². The molecule has 0 aromatic heterocycles. The number of halogens is 2. The molecule has 0 aliphatic rings. The lowest BCUT2D eigenvalue weighted by atomic mass is 10.1. The molecule has 0 radical (unpaired) electrons. The van der Waals surface area contributed by atoms with Crippen LogP contribution in [0.25, 0.3) is 0 Å². The van der Waals surface area contributed by atoms with Gasteiger partial charge in [-0.15, -0.1) is 0 Å². The highest BCUT2D eigenvalue weighted by Gasteiger charge is 2.28. The maximum atomic E-state index is 13.0. The van der Waals surface area contributed by atoms with Crippen LogP contribution in [0.5, 0.6) is 0 Å². The van der Waals surface area contributed by atoms with E-state index in [-0.39, 0.29) is 12.5 Å². The largest absolute Gasteiger partial charge is 0.465 e. The van der Waals surface area contributed by atoms with E-state index in [4.69, 9.17) is 4.74 Å². The number of nitrogens with one attached hydrogen (secondary N) is 1. The van der Waals surface area contributed by atoms with Gasteiger partial charge in [-0.3, -0.25) is 10.1 Å². The van der Waals surface area contributed by atoms with Crippen molar-refractivity contribution in [2.45, 2.75) is 32.9 Å². The molecule has 3 nitrogen and oxygen atoms in total. The van der Waals surface area contributed by atoms with E-state index in [1.165, 1.54) is 6.07 Å². The Balaban J connectivity index is 2.63. The molecule has 0 aliphatic heterocycles. The zero-order valence-electron chi connectivity index (χ0n) is 10.7. The molecule has 1 aromatic carbocycles. The molecule has 0 heterocycles. The van der Waals surface area contributed by atoms with Crippen molar-refractivity contribution in [3.8, 4) is 0 Å². The van der Waals surface area contributed by atoms with Crippen LogP contribution in [0.2, 0.25) is 0 Å². The average Bonchev–Trinajstić information content (AvgIpc) is 2.31. The van der Waals surface area contributed by atoms with Crippen molar-refractivity contribution in [3.63, 3.8) is 0 Å². The fraction of sp³-hybridized carbons (Fsp3) is 0.462. The molecule has 0 saturated heterocycles. The van der Waals surface area contributed by atoms with Gasteiger partial charge in [-0.2, -0.15) is 0 Å². The number of carbonyl (C=O) groups excluding carboxylic acids is 1. The van der Waals surface area contributed by atoms with Gasteiger partial charge in [-0.1, -0.05) is 6.07 Å². The summed E-state index contributed by atoms with van der Waals surface area (Å²) >= 11 is 0. The molecule has 0 atom stereocenters. The average molecular weight is 257 g/mol. The summed E-state index contributed by atoms with van der Waals surface area (Å²) in [4.78, 5) is 11.6. The number of rotatable bonds is 5. The molecule has 0 amide bonds. The highest BCUT2D eigenvalue weighted by molar-refractivity contribution is 5.79. The second-order valence-electron chi connectivity index (χ2n) is 4.45. The third-order valence-electron chi connectivity index (χ3n) is 2.50. The van der Waals surface area contributed by atoms with Crippen LogP contribution in [-0.4, -0.2) is 18.1 Å². The Morgan fingerprint density at radius 3 is 2.56 bits per heavy atom. The van der Waals surface area contributed by atoms with E-state index in [1.54, 1.807) is 20.8 Å². The smallest absolute Gasteiger partial charge is 0.325 e. The van der Waals surface area contributed by atoms with Crippen LogP contribution in [0, 0.1) is 11.6 Å². The van der Waals surface area contributed by atoms with Gasteiger partial charge < -0.3 is 4.74 Å². The van der Waals surface area contributed by atoms with Gasteiger partial charge in [0.15, 0.2) is 11.6 Å². The Hall–Kier alpha value is -1.49. The molecule has 0 fully saturated rings. The number of esters is 1. The minimum Gasteiger partial charge on any atom is -0.465 e. The summed E-state index contributed by atoms with van der Waals surface area (Å²) in [5.74, 6) is -2.17. The molecule has 0 spiro atoms. The molecule has 100 valence electrons. The minimum atomic E-state index is -0.900. The molecular formula is C13H17F2NO2. The highest BCUT2D eigenvalue weighted by atomic mass is 19.2. The van der Waals surface area contributed by atoms with E-state index in [9.17, 15) is 13.6 Å². The predicted molar refractivity (Wildman–Crippen MR) is 63.9 cm³/mol. The quantitative estimate of drug-likeness (QED) is 0.823. The van der Waals surface area contributed by atoms with Crippen molar-refractivity contribution in [3.05, 3.63) is 35.4 Å². The first-order chi connectivity index (χ1) is 8.36. The first kappa shape index (κ1) is 14.6. The van der Waals surface area contributed by atoms with Crippen molar-refractivity contribution in [1.82, 2.24) is 5.32 Å². The zero-order chi connectivity index (χ0) is 13.8. The van der Waals surface area contributed by atoms with Crippen molar-refractivity contribution in [2.75, 3.05) is 6.61 Å². The van der Waals surface area contributed by atoms with Crippen LogP contribution >= 0.6 is 0 Å². The van der Waals surface area contributed by atoms with Crippen molar-refractivity contribution in [2.24, 2.45) is 0 Å². The fourth-order valence-corrected chi connectivity index (χ4v) is 1.36. The van der Waals surface area contributed by atoms with Gasteiger partial charge in [-0.25, -0.2) is 8.78 Å². The number of carbonyl (C=O) groups is 1. The number of benzene rings is 1.